The number of amides is 1. The third kappa shape index (κ3) is 5.65. The second-order valence-corrected chi connectivity index (χ2v) is 10.6. The van der Waals surface area contributed by atoms with E-state index in [0.29, 0.717) is 17.3 Å². The Kier molecular flexibility index (Phi) is 8.02. The zero-order valence-corrected chi connectivity index (χ0v) is 22.1. The quantitative estimate of drug-likeness (QED) is 0.453. The normalized spacial score (nSPS) is 14.3. The molecule has 4 rings (SSSR count). The minimum atomic E-state index is -3.97. The number of halogens is 1. The Labute approximate surface area is 220 Å². The van der Waals surface area contributed by atoms with Gasteiger partial charge in [-0.05, 0) is 32.0 Å². The molecule has 1 saturated heterocycles. The average Bonchev–Trinajstić information content (AvgIpc) is 2.89. The summed E-state index contributed by atoms with van der Waals surface area (Å²) in [6.07, 6.45) is 0. The van der Waals surface area contributed by atoms with Crippen LogP contribution in [0.4, 0.5) is 16.0 Å². The number of sulfonamides is 1. The first-order chi connectivity index (χ1) is 18.1. The lowest BCUT2D eigenvalue weighted by Gasteiger charge is -2.34. The van der Waals surface area contributed by atoms with Gasteiger partial charge in [-0.1, -0.05) is 30.3 Å². The molecule has 0 atom stereocenters. The summed E-state index contributed by atoms with van der Waals surface area (Å²) in [5, 5.41) is 2.32. The molecule has 3 aromatic rings. The predicted octanol–water partition coefficient (Wildman–Crippen LogP) is 3.24. The summed E-state index contributed by atoms with van der Waals surface area (Å²) in [5.74, 6) is -1.43. The van der Waals surface area contributed by atoms with Crippen molar-refractivity contribution in [3.63, 3.8) is 0 Å². The molecular formula is C26H28FN5O5S. The number of hydrogen-bond acceptors (Lipinski definition) is 8. The van der Waals surface area contributed by atoms with Crippen LogP contribution in [0.15, 0.2) is 53.4 Å². The molecule has 1 aliphatic heterocycles. The third-order valence-corrected chi connectivity index (χ3v) is 7.91. The highest BCUT2D eigenvalue weighted by Gasteiger charge is 2.31. The van der Waals surface area contributed by atoms with Crippen molar-refractivity contribution in [2.45, 2.75) is 25.7 Å². The first-order valence-electron chi connectivity index (χ1n) is 12.0. The summed E-state index contributed by atoms with van der Waals surface area (Å²) in [7, 11) is -3.97. The third-order valence-electron chi connectivity index (χ3n) is 6.02. The number of carbonyl (C=O) groups is 2. The van der Waals surface area contributed by atoms with Gasteiger partial charge in [0, 0.05) is 38.7 Å². The van der Waals surface area contributed by atoms with Crippen LogP contribution in [-0.4, -0.2) is 67.4 Å². The number of aromatic nitrogens is 2. The number of benzene rings is 2. The summed E-state index contributed by atoms with van der Waals surface area (Å²) < 4.78 is 47.2. The van der Waals surface area contributed by atoms with Crippen molar-refractivity contribution in [1.82, 2.24) is 14.3 Å². The van der Waals surface area contributed by atoms with Crippen LogP contribution in [0.3, 0.4) is 0 Å². The van der Waals surface area contributed by atoms with E-state index in [1.165, 1.54) is 23.4 Å². The van der Waals surface area contributed by atoms with E-state index in [0.717, 1.165) is 11.6 Å². The number of hydrogen-bond donors (Lipinski definition) is 1. The molecular weight excluding hydrogens is 513 g/mol. The molecule has 0 saturated carbocycles. The molecule has 2 heterocycles. The minimum absolute atomic E-state index is 0.0886. The van der Waals surface area contributed by atoms with E-state index < -0.39 is 27.7 Å². The van der Waals surface area contributed by atoms with Crippen molar-refractivity contribution in [3.8, 4) is 11.3 Å². The predicted molar refractivity (Wildman–Crippen MR) is 140 cm³/mol. The first kappa shape index (κ1) is 27.1. The van der Waals surface area contributed by atoms with E-state index in [1.54, 1.807) is 13.8 Å². The summed E-state index contributed by atoms with van der Waals surface area (Å²) in [6.45, 7) is 5.72. The van der Waals surface area contributed by atoms with Gasteiger partial charge in [0.15, 0.2) is 0 Å². The van der Waals surface area contributed by atoms with E-state index in [2.05, 4.69) is 15.3 Å². The van der Waals surface area contributed by atoms with Crippen LogP contribution in [0.1, 0.15) is 29.9 Å². The molecule has 0 aliphatic carbocycles. The Hall–Kier alpha value is -3.90. The van der Waals surface area contributed by atoms with Gasteiger partial charge >= 0.3 is 5.97 Å². The number of carbonyl (C=O) groups excluding carboxylic acids is 2. The van der Waals surface area contributed by atoms with E-state index in [1.807, 2.05) is 35.2 Å². The molecule has 38 heavy (non-hydrogen) atoms. The standard InChI is InChI=1S/C26H28FN5O5S/c1-4-37-25(34)23-17(2)28-26(30-24(23)19-8-6-5-7-9-19)31-12-14-32(15-13-31)38(35,36)20-10-11-22(21(27)16-20)29-18(3)33/h5-11,16H,4,12-15H2,1-3H3,(H,29,33). The summed E-state index contributed by atoms with van der Waals surface area (Å²) in [6, 6.07) is 12.6. The van der Waals surface area contributed by atoms with Gasteiger partial charge in [-0.15, -0.1) is 0 Å². The lowest BCUT2D eigenvalue weighted by atomic mass is 10.0. The second kappa shape index (κ2) is 11.2. The maximum atomic E-state index is 14.4. The van der Waals surface area contributed by atoms with E-state index in [-0.39, 0.29) is 48.9 Å². The van der Waals surface area contributed by atoms with Crippen LogP contribution in [0.5, 0.6) is 0 Å². The number of rotatable bonds is 7. The van der Waals surface area contributed by atoms with Gasteiger partial charge in [-0.2, -0.15) is 4.31 Å². The maximum Gasteiger partial charge on any atom is 0.342 e. The van der Waals surface area contributed by atoms with Crippen LogP contribution in [0.25, 0.3) is 11.3 Å². The van der Waals surface area contributed by atoms with Gasteiger partial charge in [0.25, 0.3) is 0 Å². The topological polar surface area (TPSA) is 122 Å². The Morgan fingerprint density at radius 3 is 2.34 bits per heavy atom. The fraction of sp³-hybridized carbons (Fsp3) is 0.308. The molecule has 200 valence electrons. The molecule has 1 fully saturated rings. The molecule has 0 unspecified atom stereocenters. The number of esters is 1. The van der Waals surface area contributed by atoms with Crippen LogP contribution in [0.2, 0.25) is 0 Å². The molecule has 1 N–H and O–H groups in total. The number of nitrogens with zero attached hydrogens (tertiary/aromatic N) is 4. The Bertz CT molecular complexity index is 1460. The molecule has 1 aliphatic rings. The molecule has 0 spiro atoms. The van der Waals surface area contributed by atoms with Gasteiger partial charge in [0.2, 0.25) is 21.9 Å². The van der Waals surface area contributed by atoms with Crippen LogP contribution in [0, 0.1) is 12.7 Å². The first-order valence-corrected chi connectivity index (χ1v) is 13.5. The molecule has 0 bridgehead atoms. The largest absolute Gasteiger partial charge is 0.462 e. The zero-order chi connectivity index (χ0) is 27.4. The van der Waals surface area contributed by atoms with E-state index in [9.17, 15) is 22.4 Å². The highest BCUT2D eigenvalue weighted by Crippen LogP contribution is 2.28. The molecule has 1 aromatic heterocycles. The highest BCUT2D eigenvalue weighted by atomic mass is 32.2. The monoisotopic (exact) mass is 541 g/mol. The van der Waals surface area contributed by atoms with Crippen molar-refractivity contribution in [1.29, 1.82) is 0 Å². The van der Waals surface area contributed by atoms with Gasteiger partial charge in [0.1, 0.15) is 11.4 Å². The fourth-order valence-corrected chi connectivity index (χ4v) is 5.61. The highest BCUT2D eigenvalue weighted by molar-refractivity contribution is 7.89. The zero-order valence-electron chi connectivity index (χ0n) is 21.3. The lowest BCUT2D eigenvalue weighted by Crippen LogP contribution is -2.49. The molecule has 0 radical (unpaired) electrons. The smallest absolute Gasteiger partial charge is 0.342 e. The Morgan fingerprint density at radius 2 is 1.74 bits per heavy atom. The van der Waals surface area contributed by atoms with Crippen molar-refractivity contribution >= 4 is 33.5 Å². The van der Waals surface area contributed by atoms with Crippen LogP contribution >= 0.6 is 0 Å². The lowest BCUT2D eigenvalue weighted by molar-refractivity contribution is -0.114. The van der Waals surface area contributed by atoms with Crippen molar-refractivity contribution < 1.29 is 27.1 Å². The number of ether oxygens (including phenoxy) is 1. The number of anilines is 2. The average molecular weight is 542 g/mol. The van der Waals surface area contributed by atoms with Crippen LogP contribution < -0.4 is 10.2 Å². The second-order valence-electron chi connectivity index (χ2n) is 8.63. The molecule has 12 heteroatoms. The number of aryl methyl sites for hydroxylation is 1. The Morgan fingerprint density at radius 1 is 1.05 bits per heavy atom. The molecule has 2 aromatic carbocycles. The van der Waals surface area contributed by atoms with Gasteiger partial charge < -0.3 is 15.0 Å². The van der Waals surface area contributed by atoms with E-state index >= 15 is 0 Å². The fourth-order valence-electron chi connectivity index (χ4n) is 4.18. The number of piperazine rings is 1. The van der Waals surface area contributed by atoms with Crippen molar-refractivity contribution in [3.05, 3.63) is 65.6 Å². The van der Waals surface area contributed by atoms with Crippen molar-refractivity contribution in [2.24, 2.45) is 0 Å². The maximum absolute atomic E-state index is 14.4. The van der Waals surface area contributed by atoms with E-state index in [4.69, 9.17) is 4.74 Å². The number of nitrogens with one attached hydrogen (secondary N) is 1. The SMILES string of the molecule is CCOC(=O)c1c(C)nc(N2CCN(S(=O)(=O)c3ccc(NC(C)=O)c(F)c3)CC2)nc1-c1ccccc1. The molecule has 10 nitrogen and oxygen atoms in total. The minimum Gasteiger partial charge on any atom is -0.462 e. The summed E-state index contributed by atoms with van der Waals surface area (Å²) in [5.41, 5.74) is 1.82. The van der Waals surface area contributed by atoms with Gasteiger partial charge in [0.05, 0.1) is 28.6 Å². The molecule has 1 amide bonds. The Balaban J connectivity index is 1.57. The van der Waals surface area contributed by atoms with Crippen molar-refractivity contribution in [2.75, 3.05) is 43.0 Å². The van der Waals surface area contributed by atoms with Gasteiger partial charge in [-0.3, -0.25) is 4.79 Å². The van der Waals surface area contributed by atoms with Gasteiger partial charge in [-0.25, -0.2) is 27.6 Å². The summed E-state index contributed by atoms with van der Waals surface area (Å²) in [4.78, 5) is 34.8. The summed E-state index contributed by atoms with van der Waals surface area (Å²) >= 11 is 0. The van der Waals surface area contributed by atoms with Crippen LogP contribution in [-0.2, 0) is 19.6 Å².